The van der Waals surface area contributed by atoms with Crippen LogP contribution in [0.25, 0.3) is 0 Å². The van der Waals surface area contributed by atoms with E-state index in [-0.39, 0.29) is 18.0 Å². The SMILES string of the molecule is CCCC(OC)C(N)Cc1cccc(F)c1Br. The molecule has 0 bridgehead atoms. The van der Waals surface area contributed by atoms with Crippen molar-refractivity contribution in [3.63, 3.8) is 0 Å². The molecule has 0 spiro atoms. The molecule has 4 heteroatoms. The number of ether oxygens (including phenoxy) is 1. The molecule has 0 radical (unpaired) electrons. The summed E-state index contributed by atoms with van der Waals surface area (Å²) in [6.07, 6.45) is 2.58. The molecule has 0 aliphatic heterocycles. The highest BCUT2D eigenvalue weighted by Gasteiger charge is 2.18. The van der Waals surface area contributed by atoms with Gasteiger partial charge in [-0.2, -0.15) is 0 Å². The minimum atomic E-state index is -0.251. The first-order chi connectivity index (χ1) is 8.10. The third-order valence-electron chi connectivity index (χ3n) is 2.84. The van der Waals surface area contributed by atoms with Crippen LogP contribution in [0.4, 0.5) is 4.39 Å². The van der Waals surface area contributed by atoms with Gasteiger partial charge in [-0.3, -0.25) is 0 Å². The lowest BCUT2D eigenvalue weighted by molar-refractivity contribution is 0.0726. The van der Waals surface area contributed by atoms with Gasteiger partial charge in [0.15, 0.2) is 0 Å². The summed E-state index contributed by atoms with van der Waals surface area (Å²) < 4.78 is 19.2. The summed E-state index contributed by atoms with van der Waals surface area (Å²) in [4.78, 5) is 0. The Bertz CT molecular complexity index is 359. The molecule has 2 N–H and O–H groups in total. The van der Waals surface area contributed by atoms with E-state index < -0.39 is 0 Å². The Morgan fingerprint density at radius 1 is 1.47 bits per heavy atom. The molecule has 1 aromatic rings. The molecule has 2 atom stereocenters. The Hall–Kier alpha value is -0.450. The molecule has 2 unspecified atom stereocenters. The zero-order valence-corrected chi connectivity index (χ0v) is 11.8. The van der Waals surface area contributed by atoms with E-state index in [2.05, 4.69) is 22.9 Å². The fourth-order valence-corrected chi connectivity index (χ4v) is 2.31. The normalized spacial score (nSPS) is 14.6. The molecule has 0 aliphatic rings. The standard InChI is InChI=1S/C13H19BrFNO/c1-3-5-12(17-2)11(16)8-9-6-4-7-10(15)13(9)14/h4,6-7,11-12H,3,5,8,16H2,1-2H3. The van der Waals surface area contributed by atoms with Crippen LogP contribution in [0.1, 0.15) is 25.3 Å². The summed E-state index contributed by atoms with van der Waals surface area (Å²) in [5.74, 6) is -0.251. The average molecular weight is 304 g/mol. The first-order valence-corrected chi connectivity index (χ1v) is 6.60. The third kappa shape index (κ3) is 4.05. The van der Waals surface area contributed by atoms with E-state index >= 15 is 0 Å². The van der Waals surface area contributed by atoms with Gasteiger partial charge in [0, 0.05) is 13.2 Å². The zero-order chi connectivity index (χ0) is 12.8. The number of benzene rings is 1. The quantitative estimate of drug-likeness (QED) is 0.875. The summed E-state index contributed by atoms with van der Waals surface area (Å²) in [5.41, 5.74) is 6.98. The van der Waals surface area contributed by atoms with E-state index in [0.29, 0.717) is 10.9 Å². The molecule has 0 heterocycles. The summed E-state index contributed by atoms with van der Waals surface area (Å²) in [6, 6.07) is 4.90. The smallest absolute Gasteiger partial charge is 0.137 e. The van der Waals surface area contributed by atoms with Crippen molar-refractivity contribution in [2.45, 2.75) is 38.3 Å². The molecule has 1 rings (SSSR count). The van der Waals surface area contributed by atoms with Gasteiger partial charge in [-0.05, 0) is 40.4 Å². The van der Waals surface area contributed by atoms with E-state index in [1.807, 2.05) is 6.07 Å². The van der Waals surface area contributed by atoms with Gasteiger partial charge in [-0.25, -0.2) is 4.39 Å². The van der Waals surface area contributed by atoms with Crippen molar-refractivity contribution in [2.24, 2.45) is 5.73 Å². The van der Waals surface area contributed by atoms with Gasteiger partial charge >= 0.3 is 0 Å². The van der Waals surface area contributed by atoms with Crippen LogP contribution in [-0.4, -0.2) is 19.3 Å². The van der Waals surface area contributed by atoms with Gasteiger partial charge in [-0.1, -0.05) is 25.5 Å². The van der Waals surface area contributed by atoms with Crippen LogP contribution in [0.3, 0.4) is 0 Å². The van der Waals surface area contributed by atoms with Crippen molar-refractivity contribution in [2.75, 3.05) is 7.11 Å². The van der Waals surface area contributed by atoms with Crippen LogP contribution >= 0.6 is 15.9 Å². The second-order valence-electron chi connectivity index (χ2n) is 4.14. The highest BCUT2D eigenvalue weighted by Crippen LogP contribution is 2.22. The zero-order valence-electron chi connectivity index (χ0n) is 10.2. The first kappa shape index (κ1) is 14.6. The Kier molecular flexibility index (Phi) is 6.09. The average Bonchev–Trinajstić information content (AvgIpc) is 2.31. The lowest BCUT2D eigenvalue weighted by atomic mass is 9.99. The first-order valence-electron chi connectivity index (χ1n) is 5.81. The van der Waals surface area contributed by atoms with Crippen LogP contribution in [0.2, 0.25) is 0 Å². The Morgan fingerprint density at radius 2 is 2.18 bits per heavy atom. The molecule has 0 fully saturated rings. The van der Waals surface area contributed by atoms with Crippen LogP contribution in [-0.2, 0) is 11.2 Å². The fourth-order valence-electron chi connectivity index (χ4n) is 1.88. The maximum Gasteiger partial charge on any atom is 0.137 e. The molecular formula is C13H19BrFNO. The number of hydrogen-bond donors (Lipinski definition) is 1. The highest BCUT2D eigenvalue weighted by atomic mass is 79.9. The number of nitrogens with two attached hydrogens (primary N) is 1. The number of rotatable bonds is 6. The lowest BCUT2D eigenvalue weighted by Gasteiger charge is -2.22. The van der Waals surface area contributed by atoms with E-state index in [1.165, 1.54) is 6.07 Å². The second kappa shape index (κ2) is 7.09. The van der Waals surface area contributed by atoms with Crippen molar-refractivity contribution in [1.29, 1.82) is 0 Å². The van der Waals surface area contributed by atoms with Gasteiger partial charge in [0.2, 0.25) is 0 Å². The van der Waals surface area contributed by atoms with Crippen LogP contribution in [0, 0.1) is 5.82 Å². The predicted octanol–water partition coefficient (Wildman–Crippen LogP) is 3.27. The summed E-state index contributed by atoms with van der Waals surface area (Å²) in [6.45, 7) is 2.09. The number of halogens is 2. The van der Waals surface area contributed by atoms with Crippen molar-refractivity contribution in [3.8, 4) is 0 Å². The largest absolute Gasteiger partial charge is 0.380 e. The maximum atomic E-state index is 13.3. The Balaban J connectivity index is 2.72. The van der Waals surface area contributed by atoms with E-state index in [1.54, 1.807) is 13.2 Å². The molecule has 17 heavy (non-hydrogen) atoms. The molecule has 0 aliphatic carbocycles. The molecule has 0 aromatic heterocycles. The Labute approximate surface area is 110 Å². The minimum absolute atomic E-state index is 0.0233. The van der Waals surface area contributed by atoms with Crippen molar-refractivity contribution in [3.05, 3.63) is 34.1 Å². The minimum Gasteiger partial charge on any atom is -0.380 e. The molecule has 0 amide bonds. The van der Waals surface area contributed by atoms with Gasteiger partial charge in [-0.15, -0.1) is 0 Å². The third-order valence-corrected chi connectivity index (χ3v) is 3.73. The van der Waals surface area contributed by atoms with E-state index in [0.717, 1.165) is 18.4 Å². The van der Waals surface area contributed by atoms with Crippen LogP contribution in [0.15, 0.2) is 22.7 Å². The van der Waals surface area contributed by atoms with Crippen molar-refractivity contribution in [1.82, 2.24) is 0 Å². The number of methoxy groups -OCH3 is 1. The fraction of sp³-hybridized carbons (Fsp3) is 0.538. The maximum absolute atomic E-state index is 13.3. The van der Waals surface area contributed by atoms with Crippen molar-refractivity contribution < 1.29 is 9.13 Å². The van der Waals surface area contributed by atoms with E-state index in [4.69, 9.17) is 10.5 Å². The van der Waals surface area contributed by atoms with Crippen molar-refractivity contribution >= 4 is 15.9 Å². The molecule has 0 saturated heterocycles. The highest BCUT2D eigenvalue weighted by molar-refractivity contribution is 9.10. The summed E-state index contributed by atoms with van der Waals surface area (Å²) in [7, 11) is 1.67. The lowest BCUT2D eigenvalue weighted by Crippen LogP contribution is -2.38. The van der Waals surface area contributed by atoms with Gasteiger partial charge < -0.3 is 10.5 Å². The molecular weight excluding hydrogens is 285 g/mol. The van der Waals surface area contributed by atoms with Crippen LogP contribution < -0.4 is 5.73 Å². The number of hydrogen-bond acceptors (Lipinski definition) is 2. The molecule has 2 nitrogen and oxygen atoms in total. The van der Waals surface area contributed by atoms with Gasteiger partial charge in [0.25, 0.3) is 0 Å². The molecule has 0 saturated carbocycles. The molecule has 1 aromatic carbocycles. The summed E-state index contributed by atoms with van der Waals surface area (Å²) in [5, 5.41) is 0. The topological polar surface area (TPSA) is 35.2 Å². The summed E-state index contributed by atoms with van der Waals surface area (Å²) >= 11 is 3.25. The van der Waals surface area contributed by atoms with Gasteiger partial charge in [0.1, 0.15) is 5.82 Å². The van der Waals surface area contributed by atoms with Crippen LogP contribution in [0.5, 0.6) is 0 Å². The monoisotopic (exact) mass is 303 g/mol. The van der Waals surface area contributed by atoms with Gasteiger partial charge in [0.05, 0.1) is 10.6 Å². The molecule has 96 valence electrons. The predicted molar refractivity (Wildman–Crippen MR) is 71.5 cm³/mol. The Morgan fingerprint density at radius 3 is 2.76 bits per heavy atom. The van der Waals surface area contributed by atoms with E-state index in [9.17, 15) is 4.39 Å². The second-order valence-corrected chi connectivity index (χ2v) is 4.94.